The first-order valence-electron chi connectivity index (χ1n) is 9.02. The van der Waals surface area contributed by atoms with Crippen molar-refractivity contribution in [3.63, 3.8) is 0 Å². The largest absolute Gasteiger partial charge is 0.350 e. The Bertz CT molecular complexity index is 1150. The van der Waals surface area contributed by atoms with Gasteiger partial charge in [-0.1, -0.05) is 30.3 Å². The van der Waals surface area contributed by atoms with E-state index in [-0.39, 0.29) is 12.4 Å². The van der Waals surface area contributed by atoms with Crippen molar-refractivity contribution >= 4 is 39.0 Å². The third kappa shape index (κ3) is 3.31. The van der Waals surface area contributed by atoms with Crippen molar-refractivity contribution in [2.75, 3.05) is 17.7 Å². The molecule has 1 aliphatic rings. The molecule has 3 heterocycles. The second kappa shape index (κ2) is 7.60. The van der Waals surface area contributed by atoms with Gasteiger partial charge in [-0.05, 0) is 30.5 Å². The molecule has 0 radical (unpaired) electrons. The molecular formula is C21H24ClN3O2S. The zero-order valence-corrected chi connectivity index (χ0v) is 17.7. The summed E-state index contributed by atoms with van der Waals surface area (Å²) in [5, 5.41) is 0.737. The molecule has 0 N–H and O–H groups in total. The number of rotatable bonds is 4. The Morgan fingerprint density at radius 1 is 1.21 bits per heavy atom. The highest BCUT2D eigenvalue weighted by molar-refractivity contribution is 7.91. The standard InChI is InChI=1S/C21H23N3O2S.ClH/c1-4-12-24-15(2)20(27(3,25)26)18-9-11-22-21(19(18)24)23-13-10-16-7-5-6-8-17(16)14-23;/h4-9,11H,1,10,12-14H2,2-3H3;1H. The van der Waals surface area contributed by atoms with Crippen LogP contribution >= 0.6 is 12.4 Å². The highest BCUT2D eigenvalue weighted by Gasteiger charge is 2.26. The van der Waals surface area contributed by atoms with E-state index in [9.17, 15) is 8.42 Å². The molecule has 3 aromatic rings. The highest BCUT2D eigenvalue weighted by atomic mass is 35.5. The summed E-state index contributed by atoms with van der Waals surface area (Å²) in [7, 11) is -3.36. The molecule has 1 aromatic carbocycles. The van der Waals surface area contributed by atoms with Gasteiger partial charge < -0.3 is 9.47 Å². The average Bonchev–Trinajstić information content (AvgIpc) is 2.93. The van der Waals surface area contributed by atoms with Gasteiger partial charge in [0.25, 0.3) is 0 Å². The van der Waals surface area contributed by atoms with Gasteiger partial charge >= 0.3 is 0 Å². The molecule has 0 saturated heterocycles. The fraction of sp³-hybridized carbons (Fsp3) is 0.286. The van der Waals surface area contributed by atoms with Crippen molar-refractivity contribution in [1.82, 2.24) is 9.55 Å². The summed E-state index contributed by atoms with van der Waals surface area (Å²) in [6.07, 6.45) is 5.73. The number of hydrogen-bond acceptors (Lipinski definition) is 4. The van der Waals surface area contributed by atoms with Crippen LogP contribution in [-0.2, 0) is 29.3 Å². The average molecular weight is 418 g/mol. The van der Waals surface area contributed by atoms with Crippen LogP contribution < -0.4 is 4.90 Å². The molecule has 28 heavy (non-hydrogen) atoms. The lowest BCUT2D eigenvalue weighted by Crippen LogP contribution is -2.31. The fourth-order valence-electron chi connectivity index (χ4n) is 4.11. The number of halogens is 1. The zero-order chi connectivity index (χ0) is 19.2. The SMILES string of the molecule is C=CCn1c(C)c(S(C)(=O)=O)c2ccnc(N3CCc4ccccc4C3)c21.Cl. The number of sulfone groups is 1. The van der Waals surface area contributed by atoms with Crippen molar-refractivity contribution < 1.29 is 8.42 Å². The smallest absolute Gasteiger partial charge is 0.177 e. The summed E-state index contributed by atoms with van der Waals surface area (Å²) in [6.45, 7) is 7.87. The van der Waals surface area contributed by atoms with E-state index < -0.39 is 9.84 Å². The van der Waals surface area contributed by atoms with Gasteiger partial charge in [0.05, 0.1) is 10.4 Å². The molecule has 0 amide bonds. The lowest BCUT2D eigenvalue weighted by molar-refractivity contribution is 0.601. The first kappa shape index (κ1) is 20.4. The van der Waals surface area contributed by atoms with E-state index in [2.05, 4.69) is 40.7 Å². The molecule has 148 valence electrons. The van der Waals surface area contributed by atoms with E-state index >= 15 is 0 Å². The van der Waals surface area contributed by atoms with Crippen LogP contribution in [0.4, 0.5) is 5.82 Å². The Labute approximate surface area is 172 Å². The minimum atomic E-state index is -3.36. The lowest BCUT2D eigenvalue weighted by atomic mass is 10.00. The van der Waals surface area contributed by atoms with Crippen molar-refractivity contribution in [3.8, 4) is 0 Å². The number of aromatic nitrogens is 2. The van der Waals surface area contributed by atoms with Crippen molar-refractivity contribution in [2.45, 2.75) is 31.3 Å². The van der Waals surface area contributed by atoms with E-state index in [1.165, 1.54) is 17.4 Å². The summed E-state index contributed by atoms with van der Waals surface area (Å²) < 4.78 is 26.9. The van der Waals surface area contributed by atoms with Crippen LogP contribution in [0.2, 0.25) is 0 Å². The quantitative estimate of drug-likeness (QED) is 0.604. The molecule has 0 saturated carbocycles. The summed E-state index contributed by atoms with van der Waals surface area (Å²) >= 11 is 0. The maximum atomic E-state index is 12.5. The van der Waals surface area contributed by atoms with Crippen LogP contribution in [-0.4, -0.2) is 30.8 Å². The van der Waals surface area contributed by atoms with Crippen LogP contribution in [0.25, 0.3) is 10.9 Å². The van der Waals surface area contributed by atoms with Crippen molar-refractivity contribution in [1.29, 1.82) is 0 Å². The predicted molar refractivity (Wildman–Crippen MR) is 116 cm³/mol. The van der Waals surface area contributed by atoms with E-state index in [1.54, 1.807) is 18.3 Å². The second-order valence-corrected chi connectivity index (χ2v) is 9.01. The van der Waals surface area contributed by atoms with E-state index in [4.69, 9.17) is 0 Å². The summed E-state index contributed by atoms with van der Waals surface area (Å²) in [6, 6.07) is 10.3. The second-order valence-electron chi connectivity index (χ2n) is 7.06. The molecule has 5 nitrogen and oxygen atoms in total. The Morgan fingerprint density at radius 2 is 1.93 bits per heavy atom. The van der Waals surface area contributed by atoms with Gasteiger partial charge in [-0.3, -0.25) is 0 Å². The molecular weight excluding hydrogens is 394 g/mol. The Hall–Kier alpha value is -2.31. The number of benzene rings is 1. The van der Waals surface area contributed by atoms with Gasteiger partial charge in [-0.25, -0.2) is 13.4 Å². The number of allylic oxidation sites excluding steroid dienone is 1. The molecule has 1 aliphatic heterocycles. The van der Waals surface area contributed by atoms with Gasteiger partial charge in [0.15, 0.2) is 15.7 Å². The Balaban J connectivity index is 0.00000225. The van der Waals surface area contributed by atoms with Crippen LogP contribution in [0, 0.1) is 6.92 Å². The molecule has 0 fully saturated rings. The molecule has 4 rings (SSSR count). The van der Waals surface area contributed by atoms with Crippen LogP contribution in [0.15, 0.2) is 54.1 Å². The zero-order valence-electron chi connectivity index (χ0n) is 16.1. The van der Waals surface area contributed by atoms with E-state index in [0.29, 0.717) is 11.4 Å². The number of fused-ring (bicyclic) bond motifs is 2. The van der Waals surface area contributed by atoms with Gasteiger partial charge in [0.1, 0.15) is 0 Å². The highest BCUT2D eigenvalue weighted by Crippen LogP contribution is 2.36. The molecule has 0 bridgehead atoms. The maximum Gasteiger partial charge on any atom is 0.177 e. The number of hydrogen-bond donors (Lipinski definition) is 0. The number of pyridine rings is 1. The normalized spacial score (nSPS) is 13.9. The number of anilines is 1. The third-order valence-corrected chi connectivity index (χ3v) is 6.52. The monoisotopic (exact) mass is 417 g/mol. The maximum absolute atomic E-state index is 12.5. The number of nitrogens with zero attached hydrogens (tertiary/aromatic N) is 3. The van der Waals surface area contributed by atoms with E-state index in [0.717, 1.165) is 41.9 Å². The van der Waals surface area contributed by atoms with Gasteiger partial charge in [-0.2, -0.15) is 0 Å². The summed E-state index contributed by atoms with van der Waals surface area (Å²) in [4.78, 5) is 7.29. The van der Waals surface area contributed by atoms with Gasteiger partial charge in [0.2, 0.25) is 0 Å². The van der Waals surface area contributed by atoms with Crippen LogP contribution in [0.1, 0.15) is 16.8 Å². The van der Waals surface area contributed by atoms with Gasteiger partial charge in [0, 0.05) is 43.2 Å². The molecule has 0 atom stereocenters. The predicted octanol–water partition coefficient (Wildman–Crippen LogP) is 3.92. The van der Waals surface area contributed by atoms with Gasteiger partial charge in [-0.15, -0.1) is 19.0 Å². The fourth-order valence-corrected chi connectivity index (χ4v) is 5.32. The molecule has 0 aliphatic carbocycles. The molecule has 7 heteroatoms. The lowest BCUT2D eigenvalue weighted by Gasteiger charge is -2.30. The molecule has 0 unspecified atom stereocenters. The topological polar surface area (TPSA) is 55.2 Å². The van der Waals surface area contributed by atoms with Crippen LogP contribution in [0.3, 0.4) is 0 Å². The van der Waals surface area contributed by atoms with Crippen molar-refractivity contribution in [2.24, 2.45) is 0 Å². The molecule has 2 aromatic heterocycles. The first-order chi connectivity index (χ1) is 12.9. The summed E-state index contributed by atoms with van der Waals surface area (Å²) in [5.41, 5.74) is 4.27. The Morgan fingerprint density at radius 3 is 2.61 bits per heavy atom. The van der Waals surface area contributed by atoms with E-state index in [1.807, 2.05) is 11.5 Å². The first-order valence-corrected chi connectivity index (χ1v) is 10.9. The third-order valence-electron chi connectivity index (χ3n) is 5.27. The van der Waals surface area contributed by atoms with Crippen molar-refractivity contribution in [3.05, 3.63) is 66.0 Å². The minimum absolute atomic E-state index is 0. The summed E-state index contributed by atoms with van der Waals surface area (Å²) in [5.74, 6) is 0.835. The molecule has 0 spiro atoms. The minimum Gasteiger partial charge on any atom is -0.350 e. The Kier molecular flexibility index (Phi) is 5.55. The van der Waals surface area contributed by atoms with Crippen LogP contribution in [0.5, 0.6) is 0 Å².